The number of aromatic nitrogens is 14. The van der Waals surface area contributed by atoms with Gasteiger partial charge in [0.25, 0.3) is 0 Å². The molecule has 2 aromatic carbocycles. The first-order valence-electron chi connectivity index (χ1n) is 18.6. The van der Waals surface area contributed by atoms with Crippen molar-refractivity contribution in [2.24, 2.45) is 14.1 Å². The van der Waals surface area contributed by atoms with Crippen LogP contribution in [-0.4, -0.2) is 69.2 Å². The van der Waals surface area contributed by atoms with Crippen LogP contribution in [0, 0.1) is 23.3 Å². The number of fused-ring (bicyclic) bond motifs is 2. The number of hydrogen-bond donors (Lipinski definition) is 0. The Kier molecular flexibility index (Phi) is 9.66. The van der Waals surface area contributed by atoms with Gasteiger partial charge in [-0.3, -0.25) is 9.36 Å². The fraction of sp³-hybridized carbons (Fsp3) is 0.316. The summed E-state index contributed by atoms with van der Waals surface area (Å²) in [7, 11) is 3.54. The highest BCUT2D eigenvalue weighted by atomic mass is 19.1. The molecule has 0 radical (unpaired) electrons. The zero-order valence-electron chi connectivity index (χ0n) is 31.2. The van der Waals surface area contributed by atoms with E-state index in [0.717, 1.165) is 49.7 Å². The van der Waals surface area contributed by atoms with Crippen molar-refractivity contribution in [1.82, 2.24) is 69.2 Å². The molecule has 0 aliphatic heterocycles. The van der Waals surface area contributed by atoms with E-state index in [1.807, 2.05) is 12.1 Å². The maximum Gasteiger partial charge on any atom is 0.235 e. The first-order valence-corrected chi connectivity index (χ1v) is 18.6. The Morgan fingerprint density at radius 1 is 0.586 bits per heavy atom. The number of ether oxygens (including phenoxy) is 2. The quantitative estimate of drug-likeness (QED) is 0.147. The summed E-state index contributed by atoms with van der Waals surface area (Å²) in [6.07, 6.45) is 9.28. The number of benzene rings is 2. The van der Waals surface area contributed by atoms with Gasteiger partial charge in [-0.05, 0) is 73.9 Å². The molecule has 58 heavy (non-hydrogen) atoms. The fourth-order valence-corrected chi connectivity index (χ4v) is 6.81. The van der Waals surface area contributed by atoms with Gasteiger partial charge in [0.15, 0.2) is 34.6 Å². The third-order valence-corrected chi connectivity index (χ3v) is 10.5. The fourth-order valence-electron chi connectivity index (χ4n) is 6.81. The topological polar surface area (TPSA) is 166 Å². The molecule has 2 fully saturated rings. The van der Waals surface area contributed by atoms with Gasteiger partial charge in [0.2, 0.25) is 11.8 Å². The Bertz CT molecular complexity index is 2540. The minimum Gasteiger partial charge on any atom is -0.468 e. The smallest absolute Gasteiger partial charge is 0.235 e. The molecule has 0 atom stereocenters. The normalized spacial score (nSPS) is 14.3. The summed E-state index contributed by atoms with van der Waals surface area (Å²) in [5.41, 5.74) is 2.11. The third kappa shape index (κ3) is 6.83. The van der Waals surface area contributed by atoms with Gasteiger partial charge >= 0.3 is 0 Å². The van der Waals surface area contributed by atoms with Crippen LogP contribution >= 0.6 is 0 Å². The van der Waals surface area contributed by atoms with E-state index in [1.165, 1.54) is 58.1 Å². The largest absolute Gasteiger partial charge is 0.468 e. The molecule has 0 unspecified atom stereocenters. The highest BCUT2D eigenvalue weighted by molar-refractivity contribution is 5.62. The maximum atomic E-state index is 14.3. The molecule has 16 nitrogen and oxygen atoms in total. The molecule has 0 amide bonds. The van der Waals surface area contributed by atoms with E-state index in [9.17, 15) is 17.6 Å². The molecule has 6 aromatic heterocycles. The number of aryl methyl sites for hydroxylation is 2. The van der Waals surface area contributed by atoms with Crippen molar-refractivity contribution >= 4 is 11.3 Å². The molecule has 20 heteroatoms. The standard InChI is InChI=1S/2C19H17F2N7O/c2*1-27-16(22-10-23-27)9-29-19-12(11-4-2-5-11)8-15-24-25-18(28(15)26-19)17-13(20)6-3-7-14(17)21/h2*3,6-8,10-11H,2,4-5,9H2,1H3. The maximum absolute atomic E-state index is 14.3. The number of rotatable bonds is 10. The van der Waals surface area contributed by atoms with Gasteiger partial charge in [-0.25, -0.2) is 27.5 Å². The average molecular weight is 795 g/mol. The molecule has 0 N–H and O–H groups in total. The van der Waals surface area contributed by atoms with Crippen LogP contribution in [0.5, 0.6) is 11.8 Å². The molecule has 296 valence electrons. The van der Waals surface area contributed by atoms with Crippen LogP contribution < -0.4 is 9.47 Å². The van der Waals surface area contributed by atoms with Gasteiger partial charge in [-0.2, -0.15) is 19.2 Å². The van der Waals surface area contributed by atoms with Crippen molar-refractivity contribution < 1.29 is 27.0 Å². The Morgan fingerprint density at radius 3 is 1.31 bits per heavy atom. The lowest BCUT2D eigenvalue weighted by Gasteiger charge is -2.26. The summed E-state index contributed by atoms with van der Waals surface area (Å²) in [6.45, 7) is 0.334. The second kappa shape index (κ2) is 15.2. The van der Waals surface area contributed by atoms with Crippen molar-refractivity contribution in [1.29, 1.82) is 0 Å². The van der Waals surface area contributed by atoms with E-state index >= 15 is 0 Å². The molecular formula is C38H34F4N14O2. The van der Waals surface area contributed by atoms with Crippen LogP contribution in [0.3, 0.4) is 0 Å². The lowest BCUT2D eigenvalue weighted by atomic mass is 9.80. The van der Waals surface area contributed by atoms with Crippen LogP contribution in [0.25, 0.3) is 34.1 Å². The van der Waals surface area contributed by atoms with Gasteiger partial charge in [0.1, 0.15) is 49.1 Å². The minimum atomic E-state index is -0.731. The van der Waals surface area contributed by atoms with Crippen LogP contribution in [-0.2, 0) is 27.3 Å². The number of halogens is 4. The summed E-state index contributed by atoms with van der Waals surface area (Å²) in [6, 6.07) is 11.0. The summed E-state index contributed by atoms with van der Waals surface area (Å²) in [5, 5.41) is 33.2. The van der Waals surface area contributed by atoms with E-state index in [-0.39, 0.29) is 36.0 Å². The van der Waals surface area contributed by atoms with Crippen molar-refractivity contribution in [2.45, 2.75) is 63.6 Å². The molecule has 0 bridgehead atoms. The number of nitrogens with zero attached hydrogens (tertiary/aromatic N) is 14. The first-order chi connectivity index (χ1) is 28.2. The lowest BCUT2D eigenvalue weighted by Crippen LogP contribution is -2.14. The molecule has 2 saturated carbocycles. The molecule has 2 aliphatic carbocycles. The van der Waals surface area contributed by atoms with E-state index in [1.54, 1.807) is 23.5 Å². The van der Waals surface area contributed by atoms with E-state index in [4.69, 9.17) is 9.47 Å². The third-order valence-electron chi connectivity index (χ3n) is 10.5. The summed E-state index contributed by atoms with van der Waals surface area (Å²) in [5.74, 6) is -0.303. The molecule has 0 saturated heterocycles. The second-order valence-corrected chi connectivity index (χ2v) is 14.0. The van der Waals surface area contributed by atoms with Gasteiger partial charge < -0.3 is 9.47 Å². The number of hydrogen-bond acceptors (Lipinski definition) is 12. The Balaban J connectivity index is 0.000000150. The van der Waals surface area contributed by atoms with Crippen LogP contribution in [0.4, 0.5) is 17.6 Å². The van der Waals surface area contributed by atoms with Crippen molar-refractivity contribution in [2.75, 3.05) is 0 Å². The Hall–Kier alpha value is -6.86. The predicted octanol–water partition coefficient (Wildman–Crippen LogP) is 6.09. The summed E-state index contributed by atoms with van der Waals surface area (Å²) >= 11 is 0. The van der Waals surface area contributed by atoms with Gasteiger partial charge in [0, 0.05) is 25.2 Å². The van der Waals surface area contributed by atoms with Crippen molar-refractivity contribution in [3.63, 3.8) is 0 Å². The highest BCUT2D eigenvalue weighted by Crippen LogP contribution is 2.42. The zero-order valence-corrected chi connectivity index (χ0v) is 31.2. The molecule has 8 aromatic rings. The van der Waals surface area contributed by atoms with Crippen molar-refractivity contribution in [3.8, 4) is 34.5 Å². The Labute approximate surface area is 326 Å². The Morgan fingerprint density at radius 2 is 0.983 bits per heavy atom. The molecule has 10 rings (SSSR count). The summed E-state index contributed by atoms with van der Waals surface area (Å²) < 4.78 is 74.9. The van der Waals surface area contributed by atoms with E-state index in [0.29, 0.717) is 46.5 Å². The lowest BCUT2D eigenvalue weighted by molar-refractivity contribution is 0.263. The van der Waals surface area contributed by atoms with Crippen LogP contribution in [0.1, 0.15) is 73.1 Å². The van der Waals surface area contributed by atoms with E-state index in [2.05, 4.69) is 50.8 Å². The average Bonchev–Trinajstić information content (AvgIpc) is 3.96. The first kappa shape index (κ1) is 36.8. The van der Waals surface area contributed by atoms with Gasteiger partial charge in [0.05, 0.1) is 11.1 Å². The summed E-state index contributed by atoms with van der Waals surface area (Å²) in [4.78, 5) is 8.30. The van der Waals surface area contributed by atoms with Crippen LogP contribution in [0.15, 0.2) is 61.2 Å². The molecule has 0 spiro atoms. The van der Waals surface area contributed by atoms with Crippen LogP contribution in [0.2, 0.25) is 0 Å². The zero-order chi connectivity index (χ0) is 39.9. The molecular weight excluding hydrogens is 761 g/mol. The second-order valence-electron chi connectivity index (χ2n) is 14.0. The predicted molar refractivity (Wildman–Crippen MR) is 196 cm³/mol. The van der Waals surface area contributed by atoms with Crippen molar-refractivity contribution in [3.05, 3.63) is 107 Å². The SMILES string of the molecule is Cn1ncnc1COc1nn2c(-c3c(F)cccc3F)nnc2cc1C1CCC1.Cn1ncnc1COc1nn2c(-c3c(F)cccc3F)nnc2cc1C1CCC1. The monoisotopic (exact) mass is 794 g/mol. The molecule has 6 heterocycles. The van der Waals surface area contributed by atoms with Gasteiger partial charge in [-0.15, -0.1) is 30.6 Å². The van der Waals surface area contributed by atoms with Gasteiger partial charge in [-0.1, -0.05) is 25.0 Å². The highest BCUT2D eigenvalue weighted by Gasteiger charge is 2.29. The molecule has 2 aliphatic rings. The minimum absolute atomic E-state index is 0.0146. The van der Waals surface area contributed by atoms with E-state index < -0.39 is 23.3 Å².